The molecule has 0 atom stereocenters. The highest BCUT2D eigenvalue weighted by atomic mass is 16.3. The van der Waals surface area contributed by atoms with Crippen molar-refractivity contribution in [1.29, 1.82) is 0 Å². The number of aliphatic hydroxyl groups is 2. The molecule has 0 radical (unpaired) electrons. The van der Waals surface area contributed by atoms with Crippen LogP contribution >= 0.6 is 0 Å². The summed E-state index contributed by atoms with van der Waals surface area (Å²) < 4.78 is 0. The maximum absolute atomic E-state index is 8.93. The molecule has 2 N–H and O–H groups in total. The summed E-state index contributed by atoms with van der Waals surface area (Å²) in [6.07, 6.45) is 1.12. The molecular weight excluding hydrogens is 230 g/mol. The van der Waals surface area contributed by atoms with E-state index >= 15 is 0 Å². The Labute approximate surface area is 111 Å². The van der Waals surface area contributed by atoms with Crippen molar-refractivity contribution in [3.63, 3.8) is 0 Å². The van der Waals surface area contributed by atoms with Gasteiger partial charge in [0, 0.05) is 39.3 Å². The maximum Gasteiger partial charge on any atom is 0.0558 e. The smallest absolute Gasteiger partial charge is 0.0558 e. The quantitative estimate of drug-likeness (QED) is 0.573. The van der Waals surface area contributed by atoms with Gasteiger partial charge in [-0.05, 0) is 26.1 Å². The van der Waals surface area contributed by atoms with E-state index in [4.69, 9.17) is 10.2 Å². The van der Waals surface area contributed by atoms with Gasteiger partial charge >= 0.3 is 0 Å². The van der Waals surface area contributed by atoms with Crippen LogP contribution in [-0.4, -0.2) is 97.0 Å². The van der Waals surface area contributed by atoms with E-state index in [0.717, 1.165) is 26.1 Å². The van der Waals surface area contributed by atoms with Crippen molar-refractivity contribution in [1.82, 2.24) is 14.7 Å². The zero-order valence-corrected chi connectivity index (χ0v) is 11.7. The van der Waals surface area contributed by atoms with Crippen molar-refractivity contribution in [3.8, 4) is 0 Å². The monoisotopic (exact) mass is 259 g/mol. The van der Waals surface area contributed by atoms with Gasteiger partial charge in [0.1, 0.15) is 0 Å². The molecule has 1 saturated heterocycles. The summed E-state index contributed by atoms with van der Waals surface area (Å²) in [6, 6.07) is 0. The van der Waals surface area contributed by atoms with Crippen LogP contribution in [0.5, 0.6) is 0 Å². The standard InChI is InChI=1S/C13H29N3O2/c1-2-14-6-8-15(9-7-14)4-3-5-16(10-12-17)11-13-18/h17-18H,2-13H2,1H3. The molecule has 0 saturated carbocycles. The lowest BCUT2D eigenvalue weighted by atomic mass is 10.2. The number of aliphatic hydroxyl groups excluding tert-OH is 2. The van der Waals surface area contributed by atoms with Crippen molar-refractivity contribution in [3.05, 3.63) is 0 Å². The van der Waals surface area contributed by atoms with Gasteiger partial charge in [-0.15, -0.1) is 0 Å². The molecule has 5 heteroatoms. The lowest BCUT2D eigenvalue weighted by Crippen LogP contribution is -2.46. The second-order valence-electron chi connectivity index (χ2n) is 4.92. The second kappa shape index (κ2) is 9.69. The molecule has 5 nitrogen and oxygen atoms in total. The summed E-state index contributed by atoms with van der Waals surface area (Å²) in [6.45, 7) is 11.9. The van der Waals surface area contributed by atoms with Crippen molar-refractivity contribution in [2.45, 2.75) is 13.3 Å². The maximum atomic E-state index is 8.93. The van der Waals surface area contributed by atoms with Crippen LogP contribution in [0.4, 0.5) is 0 Å². The first kappa shape index (κ1) is 15.9. The van der Waals surface area contributed by atoms with Crippen LogP contribution in [0.25, 0.3) is 0 Å². The van der Waals surface area contributed by atoms with Gasteiger partial charge in [-0.25, -0.2) is 0 Å². The molecular formula is C13H29N3O2. The first-order chi connectivity index (χ1) is 8.80. The fourth-order valence-electron chi connectivity index (χ4n) is 2.47. The first-order valence-electron chi connectivity index (χ1n) is 7.19. The number of piperazine rings is 1. The molecule has 0 unspecified atom stereocenters. The number of hydrogen-bond acceptors (Lipinski definition) is 5. The SMILES string of the molecule is CCN1CCN(CCCN(CCO)CCO)CC1. The Morgan fingerprint density at radius 3 is 1.94 bits per heavy atom. The minimum atomic E-state index is 0.176. The highest BCUT2D eigenvalue weighted by molar-refractivity contribution is 4.71. The Balaban J connectivity index is 2.09. The molecule has 18 heavy (non-hydrogen) atoms. The molecule has 0 spiro atoms. The Hall–Kier alpha value is -0.200. The van der Waals surface area contributed by atoms with Gasteiger partial charge < -0.3 is 20.0 Å². The predicted molar refractivity (Wildman–Crippen MR) is 73.8 cm³/mol. The summed E-state index contributed by atoms with van der Waals surface area (Å²) in [5.74, 6) is 0. The van der Waals surface area contributed by atoms with E-state index in [2.05, 4.69) is 21.6 Å². The molecule has 1 heterocycles. The van der Waals surface area contributed by atoms with Gasteiger partial charge in [-0.3, -0.25) is 4.90 Å². The van der Waals surface area contributed by atoms with Crippen LogP contribution in [0.1, 0.15) is 13.3 Å². The molecule has 108 valence electrons. The number of hydrogen-bond donors (Lipinski definition) is 2. The van der Waals surface area contributed by atoms with Crippen molar-refractivity contribution in [2.75, 3.05) is 72.1 Å². The van der Waals surface area contributed by atoms with E-state index in [1.165, 1.54) is 26.2 Å². The summed E-state index contributed by atoms with van der Waals surface area (Å²) >= 11 is 0. The normalized spacial score (nSPS) is 18.7. The van der Waals surface area contributed by atoms with E-state index < -0.39 is 0 Å². The highest BCUT2D eigenvalue weighted by Gasteiger charge is 2.15. The fourth-order valence-corrected chi connectivity index (χ4v) is 2.47. The van der Waals surface area contributed by atoms with Gasteiger partial charge in [-0.2, -0.15) is 0 Å². The molecule has 1 fully saturated rings. The van der Waals surface area contributed by atoms with Gasteiger partial charge in [0.25, 0.3) is 0 Å². The Kier molecular flexibility index (Phi) is 8.54. The van der Waals surface area contributed by atoms with Crippen LogP contribution < -0.4 is 0 Å². The lowest BCUT2D eigenvalue weighted by molar-refractivity contribution is 0.123. The molecule has 0 bridgehead atoms. The molecule has 1 rings (SSSR count). The minimum absolute atomic E-state index is 0.176. The zero-order chi connectivity index (χ0) is 13.2. The van der Waals surface area contributed by atoms with Crippen LogP contribution in [0.2, 0.25) is 0 Å². The van der Waals surface area contributed by atoms with Gasteiger partial charge in [-0.1, -0.05) is 6.92 Å². The molecule has 0 aliphatic carbocycles. The van der Waals surface area contributed by atoms with Gasteiger partial charge in [0.2, 0.25) is 0 Å². The van der Waals surface area contributed by atoms with Crippen molar-refractivity contribution < 1.29 is 10.2 Å². The minimum Gasteiger partial charge on any atom is -0.395 e. The third kappa shape index (κ3) is 6.11. The fraction of sp³-hybridized carbons (Fsp3) is 1.00. The van der Waals surface area contributed by atoms with E-state index in [1.54, 1.807) is 0 Å². The molecule has 1 aliphatic rings. The lowest BCUT2D eigenvalue weighted by Gasteiger charge is -2.34. The molecule has 0 aromatic rings. The van der Waals surface area contributed by atoms with Gasteiger partial charge in [0.05, 0.1) is 13.2 Å². The zero-order valence-electron chi connectivity index (χ0n) is 11.7. The average Bonchev–Trinajstić information content (AvgIpc) is 2.40. The van der Waals surface area contributed by atoms with E-state index in [0.29, 0.717) is 13.1 Å². The highest BCUT2D eigenvalue weighted by Crippen LogP contribution is 2.02. The first-order valence-corrected chi connectivity index (χ1v) is 7.19. The Morgan fingerprint density at radius 1 is 0.889 bits per heavy atom. The molecule has 1 aliphatic heterocycles. The van der Waals surface area contributed by atoms with E-state index in [-0.39, 0.29) is 13.2 Å². The molecule has 0 amide bonds. The van der Waals surface area contributed by atoms with Crippen LogP contribution in [-0.2, 0) is 0 Å². The van der Waals surface area contributed by atoms with Crippen LogP contribution in [0.3, 0.4) is 0 Å². The topological polar surface area (TPSA) is 50.2 Å². The van der Waals surface area contributed by atoms with Crippen molar-refractivity contribution in [2.24, 2.45) is 0 Å². The van der Waals surface area contributed by atoms with E-state index in [1.807, 2.05) is 0 Å². The predicted octanol–water partition coefficient (Wildman–Crippen LogP) is -0.699. The summed E-state index contributed by atoms with van der Waals surface area (Å²) in [7, 11) is 0. The Bertz CT molecular complexity index is 191. The van der Waals surface area contributed by atoms with Crippen LogP contribution in [0, 0.1) is 0 Å². The largest absolute Gasteiger partial charge is 0.395 e. The molecule has 0 aromatic heterocycles. The van der Waals surface area contributed by atoms with Gasteiger partial charge in [0.15, 0.2) is 0 Å². The van der Waals surface area contributed by atoms with E-state index in [9.17, 15) is 0 Å². The van der Waals surface area contributed by atoms with Crippen molar-refractivity contribution >= 4 is 0 Å². The number of rotatable bonds is 9. The Morgan fingerprint density at radius 2 is 1.44 bits per heavy atom. The third-order valence-electron chi connectivity index (χ3n) is 3.69. The number of likely N-dealkylation sites (N-methyl/N-ethyl adjacent to an activating group) is 1. The average molecular weight is 259 g/mol. The second-order valence-corrected chi connectivity index (χ2v) is 4.92. The summed E-state index contributed by atoms with van der Waals surface area (Å²) in [5.41, 5.74) is 0. The van der Waals surface area contributed by atoms with Crippen LogP contribution in [0.15, 0.2) is 0 Å². The third-order valence-corrected chi connectivity index (χ3v) is 3.69. The summed E-state index contributed by atoms with van der Waals surface area (Å²) in [4.78, 5) is 7.13. The number of nitrogens with zero attached hydrogens (tertiary/aromatic N) is 3. The summed E-state index contributed by atoms with van der Waals surface area (Å²) in [5, 5.41) is 17.9. The molecule has 0 aromatic carbocycles.